The van der Waals surface area contributed by atoms with E-state index >= 15 is 0 Å². The van der Waals surface area contributed by atoms with E-state index in [-0.39, 0.29) is 23.3 Å². The lowest BCUT2D eigenvalue weighted by atomic mass is 10.1. The lowest BCUT2D eigenvalue weighted by Gasteiger charge is -2.14. The Bertz CT molecular complexity index is 515. The van der Waals surface area contributed by atoms with Crippen LogP contribution in [-0.4, -0.2) is 29.0 Å². The van der Waals surface area contributed by atoms with E-state index in [0.29, 0.717) is 0 Å². The molecular formula is C13H15IN2O3. The highest BCUT2D eigenvalue weighted by atomic mass is 127. The van der Waals surface area contributed by atoms with Gasteiger partial charge in [-0.3, -0.25) is 9.59 Å². The first-order valence-corrected chi connectivity index (χ1v) is 7.15. The number of hydrogen-bond donors (Lipinski definition) is 3. The van der Waals surface area contributed by atoms with Gasteiger partial charge in [0.05, 0.1) is 5.56 Å². The van der Waals surface area contributed by atoms with E-state index in [1.807, 2.05) is 0 Å². The van der Waals surface area contributed by atoms with Gasteiger partial charge in [0.25, 0.3) is 5.91 Å². The third-order valence-corrected chi connectivity index (χ3v) is 3.54. The molecule has 2 rings (SSSR count). The van der Waals surface area contributed by atoms with Crippen LogP contribution in [0.3, 0.4) is 0 Å². The minimum absolute atomic E-state index is 0.0901. The van der Waals surface area contributed by atoms with Gasteiger partial charge in [0.1, 0.15) is 11.8 Å². The van der Waals surface area contributed by atoms with Crippen LogP contribution >= 0.6 is 22.6 Å². The van der Waals surface area contributed by atoms with Crippen LogP contribution in [0.5, 0.6) is 5.75 Å². The van der Waals surface area contributed by atoms with Gasteiger partial charge in [-0.2, -0.15) is 0 Å². The van der Waals surface area contributed by atoms with Gasteiger partial charge in [0, 0.05) is 9.61 Å². The van der Waals surface area contributed by atoms with Gasteiger partial charge >= 0.3 is 0 Å². The fraction of sp³-hybridized carbons (Fsp3) is 0.385. The fourth-order valence-corrected chi connectivity index (χ4v) is 2.08. The maximum Gasteiger partial charge on any atom is 0.255 e. The predicted molar refractivity (Wildman–Crippen MR) is 78.9 cm³/mol. The molecule has 2 amide bonds. The first kappa shape index (κ1) is 14.1. The van der Waals surface area contributed by atoms with Gasteiger partial charge in [0.15, 0.2) is 0 Å². The first-order chi connectivity index (χ1) is 8.97. The van der Waals surface area contributed by atoms with Crippen LogP contribution in [0.2, 0.25) is 0 Å². The van der Waals surface area contributed by atoms with Crippen LogP contribution in [0.4, 0.5) is 0 Å². The molecule has 0 radical (unpaired) electrons. The molecule has 19 heavy (non-hydrogen) atoms. The van der Waals surface area contributed by atoms with E-state index in [2.05, 4.69) is 33.2 Å². The summed E-state index contributed by atoms with van der Waals surface area (Å²) in [5.41, 5.74) is 0.179. The molecule has 0 aromatic heterocycles. The molecule has 1 fully saturated rings. The minimum atomic E-state index is -0.620. The van der Waals surface area contributed by atoms with Gasteiger partial charge in [0.2, 0.25) is 5.91 Å². The molecule has 1 unspecified atom stereocenters. The molecular weight excluding hydrogens is 359 g/mol. The third kappa shape index (κ3) is 3.82. The van der Waals surface area contributed by atoms with E-state index in [9.17, 15) is 14.7 Å². The quantitative estimate of drug-likeness (QED) is 0.698. The number of carbonyl (C=O) groups excluding carboxylic acids is 2. The Balaban J connectivity index is 1.99. The van der Waals surface area contributed by atoms with E-state index in [4.69, 9.17) is 0 Å². The van der Waals surface area contributed by atoms with Crippen molar-refractivity contribution in [2.45, 2.75) is 31.8 Å². The lowest BCUT2D eigenvalue weighted by molar-refractivity contribution is -0.122. The molecule has 0 heterocycles. The number of halogens is 1. The molecule has 102 valence electrons. The summed E-state index contributed by atoms with van der Waals surface area (Å²) in [5.74, 6) is -0.733. The molecule has 6 heteroatoms. The SMILES string of the molecule is CC(NC(=O)c1cc(I)ccc1O)C(=O)NC1CC1. The first-order valence-electron chi connectivity index (χ1n) is 6.07. The average molecular weight is 374 g/mol. The van der Waals surface area contributed by atoms with Crippen molar-refractivity contribution in [2.24, 2.45) is 0 Å². The van der Waals surface area contributed by atoms with Crippen LogP contribution in [0.25, 0.3) is 0 Å². The van der Waals surface area contributed by atoms with Gasteiger partial charge in [-0.1, -0.05) is 0 Å². The number of nitrogens with one attached hydrogen (secondary N) is 2. The second kappa shape index (κ2) is 5.77. The Labute approximate surface area is 124 Å². The molecule has 0 saturated heterocycles. The number of phenols is 1. The topological polar surface area (TPSA) is 78.4 Å². The standard InChI is InChI=1S/C13H15IN2O3/c1-7(12(18)16-9-3-4-9)15-13(19)10-6-8(14)2-5-11(10)17/h2,5-7,9,17H,3-4H2,1H3,(H,15,19)(H,16,18). The highest BCUT2D eigenvalue weighted by Crippen LogP contribution is 2.20. The zero-order valence-electron chi connectivity index (χ0n) is 10.4. The number of hydrogen-bond acceptors (Lipinski definition) is 3. The highest BCUT2D eigenvalue weighted by molar-refractivity contribution is 14.1. The van der Waals surface area contributed by atoms with E-state index < -0.39 is 11.9 Å². The van der Waals surface area contributed by atoms with Crippen LogP contribution in [0.1, 0.15) is 30.1 Å². The molecule has 1 aliphatic rings. The van der Waals surface area contributed by atoms with Crippen LogP contribution in [-0.2, 0) is 4.79 Å². The Kier molecular flexibility index (Phi) is 4.28. The van der Waals surface area contributed by atoms with Crippen LogP contribution < -0.4 is 10.6 Å². The second-order valence-corrected chi connectivity index (χ2v) is 5.89. The van der Waals surface area contributed by atoms with Crippen molar-refractivity contribution in [3.8, 4) is 5.75 Å². The number of benzene rings is 1. The molecule has 1 aliphatic carbocycles. The van der Waals surface area contributed by atoms with Crippen molar-refractivity contribution < 1.29 is 14.7 Å². The summed E-state index contributed by atoms with van der Waals surface area (Å²) < 4.78 is 0.843. The van der Waals surface area contributed by atoms with Gasteiger partial charge in [-0.15, -0.1) is 0 Å². The lowest BCUT2D eigenvalue weighted by Crippen LogP contribution is -2.45. The Morgan fingerprint density at radius 2 is 2.11 bits per heavy atom. The zero-order valence-corrected chi connectivity index (χ0v) is 12.6. The third-order valence-electron chi connectivity index (χ3n) is 2.87. The normalized spacial score (nSPS) is 15.7. The summed E-state index contributed by atoms with van der Waals surface area (Å²) in [6, 6.07) is 4.39. The van der Waals surface area contributed by atoms with Crippen molar-refractivity contribution in [3.05, 3.63) is 27.3 Å². The smallest absolute Gasteiger partial charge is 0.255 e. The summed E-state index contributed by atoms with van der Waals surface area (Å²) in [4.78, 5) is 23.7. The van der Waals surface area contributed by atoms with Crippen LogP contribution in [0.15, 0.2) is 18.2 Å². The van der Waals surface area contributed by atoms with Crippen LogP contribution in [0, 0.1) is 3.57 Å². The molecule has 1 aromatic carbocycles. The number of carbonyl (C=O) groups is 2. The number of phenolic OH excluding ortho intramolecular Hbond substituents is 1. The van der Waals surface area contributed by atoms with Crippen molar-refractivity contribution in [1.29, 1.82) is 0 Å². The molecule has 0 spiro atoms. The minimum Gasteiger partial charge on any atom is -0.507 e. The Morgan fingerprint density at radius 3 is 2.74 bits per heavy atom. The predicted octanol–water partition coefficient (Wildman–Crippen LogP) is 1.39. The van der Waals surface area contributed by atoms with Crippen molar-refractivity contribution in [2.75, 3.05) is 0 Å². The van der Waals surface area contributed by atoms with Gasteiger partial charge in [-0.25, -0.2) is 0 Å². The molecule has 1 saturated carbocycles. The fourth-order valence-electron chi connectivity index (χ4n) is 1.58. The van der Waals surface area contributed by atoms with Gasteiger partial charge < -0.3 is 15.7 Å². The van der Waals surface area contributed by atoms with Crippen molar-refractivity contribution in [3.63, 3.8) is 0 Å². The molecule has 3 N–H and O–H groups in total. The molecule has 1 aromatic rings. The second-order valence-electron chi connectivity index (χ2n) is 4.64. The van der Waals surface area contributed by atoms with Crippen molar-refractivity contribution >= 4 is 34.4 Å². The molecule has 0 aliphatic heterocycles. The summed E-state index contributed by atoms with van der Waals surface area (Å²) in [6.07, 6.45) is 2.01. The number of aromatic hydroxyl groups is 1. The summed E-state index contributed by atoms with van der Waals surface area (Å²) in [7, 11) is 0. The maximum atomic E-state index is 12.0. The molecule has 1 atom stereocenters. The Hall–Kier alpha value is -1.31. The molecule has 0 bridgehead atoms. The van der Waals surface area contributed by atoms with Crippen molar-refractivity contribution in [1.82, 2.24) is 10.6 Å². The monoisotopic (exact) mass is 374 g/mol. The maximum absolute atomic E-state index is 12.0. The number of rotatable bonds is 4. The highest BCUT2D eigenvalue weighted by Gasteiger charge is 2.26. The summed E-state index contributed by atoms with van der Waals surface area (Å²) in [6.45, 7) is 1.63. The van der Waals surface area contributed by atoms with E-state index in [1.54, 1.807) is 19.1 Å². The van der Waals surface area contributed by atoms with E-state index in [0.717, 1.165) is 16.4 Å². The van der Waals surface area contributed by atoms with Gasteiger partial charge in [-0.05, 0) is 60.6 Å². The van der Waals surface area contributed by atoms with E-state index in [1.165, 1.54) is 6.07 Å². The number of amides is 2. The summed E-state index contributed by atoms with van der Waals surface area (Å²) >= 11 is 2.06. The molecule has 5 nitrogen and oxygen atoms in total. The largest absolute Gasteiger partial charge is 0.507 e. The zero-order chi connectivity index (χ0) is 14.0. The average Bonchev–Trinajstić information content (AvgIpc) is 3.15. The Morgan fingerprint density at radius 1 is 1.42 bits per heavy atom. The summed E-state index contributed by atoms with van der Waals surface area (Å²) in [5, 5.41) is 15.0.